The molecule has 132 valence electrons. The van der Waals surface area contributed by atoms with Crippen LogP contribution >= 0.6 is 0 Å². The van der Waals surface area contributed by atoms with Gasteiger partial charge in [-0.2, -0.15) is 0 Å². The third-order valence-corrected chi connectivity index (χ3v) is 4.84. The van der Waals surface area contributed by atoms with Crippen molar-refractivity contribution < 1.29 is 19.1 Å². The molecule has 0 aromatic carbocycles. The Morgan fingerprint density at radius 2 is 1.74 bits per heavy atom. The van der Waals surface area contributed by atoms with Crippen LogP contribution in [0.2, 0.25) is 0 Å². The van der Waals surface area contributed by atoms with Gasteiger partial charge in [-0.3, -0.25) is 9.59 Å². The van der Waals surface area contributed by atoms with E-state index in [4.69, 9.17) is 9.47 Å². The van der Waals surface area contributed by atoms with E-state index in [1.54, 1.807) is 0 Å². The summed E-state index contributed by atoms with van der Waals surface area (Å²) in [4.78, 5) is 23.5. The number of hydrogen-bond acceptors (Lipinski definition) is 4. The lowest BCUT2D eigenvalue weighted by Crippen LogP contribution is -2.33. The molecule has 0 aliphatic heterocycles. The Morgan fingerprint density at radius 1 is 1.00 bits per heavy atom. The van der Waals surface area contributed by atoms with Crippen molar-refractivity contribution >= 4 is 11.9 Å². The maximum Gasteiger partial charge on any atom is 0.307 e. The van der Waals surface area contributed by atoms with Crippen LogP contribution in [0.25, 0.3) is 0 Å². The molecule has 0 aromatic rings. The van der Waals surface area contributed by atoms with Crippen LogP contribution in [0.15, 0.2) is 0 Å². The Balaban J connectivity index is 1.51. The molecular weight excluding hydrogens is 294 g/mol. The lowest BCUT2D eigenvalue weighted by Gasteiger charge is -2.26. The van der Waals surface area contributed by atoms with Crippen LogP contribution in [0, 0.1) is 5.92 Å². The van der Waals surface area contributed by atoms with E-state index in [1.807, 2.05) is 0 Å². The first-order chi connectivity index (χ1) is 11.1. The zero-order valence-corrected chi connectivity index (χ0v) is 14.4. The monoisotopic (exact) mass is 325 g/mol. The first-order valence-corrected chi connectivity index (χ1v) is 9.21. The van der Waals surface area contributed by atoms with E-state index in [0.29, 0.717) is 12.5 Å². The van der Waals surface area contributed by atoms with Crippen molar-refractivity contribution in [3.8, 4) is 0 Å². The van der Waals surface area contributed by atoms with Crippen LogP contribution < -0.4 is 5.32 Å². The molecule has 2 saturated carbocycles. The van der Waals surface area contributed by atoms with Gasteiger partial charge in [0.05, 0.1) is 12.5 Å². The fraction of sp³-hybridized carbons (Fsp3) is 0.889. The summed E-state index contributed by atoms with van der Waals surface area (Å²) in [6, 6.07) is 0. The highest BCUT2D eigenvalue weighted by molar-refractivity contribution is 5.78. The van der Waals surface area contributed by atoms with Gasteiger partial charge in [0.1, 0.15) is 12.7 Å². The molecule has 5 nitrogen and oxygen atoms in total. The van der Waals surface area contributed by atoms with E-state index in [0.717, 1.165) is 38.5 Å². The number of ether oxygens (including phenoxy) is 2. The van der Waals surface area contributed by atoms with Gasteiger partial charge < -0.3 is 14.8 Å². The van der Waals surface area contributed by atoms with Gasteiger partial charge in [-0.05, 0) is 44.4 Å². The normalized spacial score (nSPS) is 25.8. The van der Waals surface area contributed by atoms with Crippen LogP contribution in [0.1, 0.15) is 71.1 Å². The Bertz CT molecular complexity index is 379. The third-order valence-electron chi connectivity index (χ3n) is 4.84. The Labute approximate surface area is 139 Å². The number of amides is 1. The van der Waals surface area contributed by atoms with E-state index >= 15 is 0 Å². The number of hydrogen-bond donors (Lipinski definition) is 1. The van der Waals surface area contributed by atoms with Crippen LogP contribution in [0.4, 0.5) is 0 Å². The minimum Gasteiger partial charge on any atom is -0.462 e. The molecule has 0 unspecified atom stereocenters. The lowest BCUT2D eigenvalue weighted by molar-refractivity contribution is -0.150. The summed E-state index contributed by atoms with van der Waals surface area (Å²) >= 11 is 0. The highest BCUT2D eigenvalue weighted by Gasteiger charge is 2.20. The Morgan fingerprint density at radius 3 is 2.48 bits per heavy atom. The van der Waals surface area contributed by atoms with Gasteiger partial charge in [0.15, 0.2) is 0 Å². The molecule has 2 fully saturated rings. The van der Waals surface area contributed by atoms with Crippen molar-refractivity contribution in [1.82, 2.24) is 5.32 Å². The van der Waals surface area contributed by atoms with Crippen molar-refractivity contribution in [1.29, 1.82) is 0 Å². The first kappa shape index (κ1) is 18.2. The predicted octanol–water partition coefficient (Wildman–Crippen LogP) is 2.96. The predicted molar refractivity (Wildman–Crippen MR) is 88.0 cm³/mol. The summed E-state index contributed by atoms with van der Waals surface area (Å²) in [5.41, 5.74) is 0. The molecule has 0 spiro atoms. The summed E-state index contributed by atoms with van der Waals surface area (Å²) in [5, 5.41) is 2.74. The SMILES string of the molecule is C[C@H]1CCC[C@H](OCC(=O)NCCC(=O)OC2CCCCC2)C1. The Hall–Kier alpha value is -1.10. The molecule has 0 radical (unpaired) electrons. The molecule has 2 atom stereocenters. The van der Waals surface area contributed by atoms with Crippen LogP contribution in [-0.2, 0) is 19.1 Å². The fourth-order valence-corrected chi connectivity index (χ4v) is 3.51. The smallest absolute Gasteiger partial charge is 0.307 e. The Kier molecular flexibility index (Phi) is 7.86. The zero-order valence-electron chi connectivity index (χ0n) is 14.4. The summed E-state index contributed by atoms with van der Waals surface area (Å²) in [7, 11) is 0. The minimum absolute atomic E-state index is 0.0866. The van der Waals surface area contributed by atoms with Crippen LogP contribution in [0.3, 0.4) is 0 Å². The molecule has 23 heavy (non-hydrogen) atoms. The summed E-state index contributed by atoms with van der Waals surface area (Å²) in [6.45, 7) is 2.65. The van der Waals surface area contributed by atoms with Crippen molar-refractivity contribution in [2.45, 2.75) is 83.3 Å². The molecule has 1 N–H and O–H groups in total. The fourth-order valence-electron chi connectivity index (χ4n) is 3.51. The molecule has 0 saturated heterocycles. The molecule has 0 aromatic heterocycles. The average molecular weight is 325 g/mol. The maximum absolute atomic E-state index is 11.8. The number of carbonyl (C=O) groups excluding carboxylic acids is 2. The number of esters is 1. The molecule has 0 bridgehead atoms. The van der Waals surface area contributed by atoms with Crippen LogP contribution in [0.5, 0.6) is 0 Å². The zero-order chi connectivity index (χ0) is 16.5. The largest absolute Gasteiger partial charge is 0.462 e. The van der Waals surface area contributed by atoms with E-state index in [9.17, 15) is 9.59 Å². The highest BCUT2D eigenvalue weighted by atomic mass is 16.5. The summed E-state index contributed by atoms with van der Waals surface area (Å²) in [6.07, 6.45) is 10.5. The van der Waals surface area contributed by atoms with Crippen molar-refractivity contribution in [3.63, 3.8) is 0 Å². The second-order valence-corrected chi connectivity index (χ2v) is 7.05. The van der Waals surface area contributed by atoms with Gasteiger partial charge in [0, 0.05) is 6.54 Å². The second kappa shape index (κ2) is 9.91. The topological polar surface area (TPSA) is 64.6 Å². The summed E-state index contributed by atoms with van der Waals surface area (Å²) in [5.74, 6) is 0.333. The maximum atomic E-state index is 11.8. The first-order valence-electron chi connectivity index (χ1n) is 9.21. The van der Waals surface area contributed by atoms with Gasteiger partial charge in [-0.1, -0.05) is 26.2 Å². The molecule has 0 heterocycles. The molecule has 5 heteroatoms. The molecule has 1 amide bonds. The molecule has 2 aliphatic carbocycles. The molecular formula is C18H31NO4. The van der Waals surface area contributed by atoms with Gasteiger partial charge in [-0.15, -0.1) is 0 Å². The van der Waals surface area contributed by atoms with Crippen molar-refractivity contribution in [2.75, 3.05) is 13.2 Å². The van der Waals surface area contributed by atoms with E-state index < -0.39 is 0 Å². The average Bonchev–Trinajstić information content (AvgIpc) is 2.54. The minimum atomic E-state index is -0.209. The van der Waals surface area contributed by atoms with Crippen LogP contribution in [-0.4, -0.2) is 37.2 Å². The molecule has 2 aliphatic rings. The second-order valence-electron chi connectivity index (χ2n) is 7.05. The number of nitrogens with one attached hydrogen (secondary N) is 1. The van der Waals surface area contributed by atoms with Gasteiger partial charge >= 0.3 is 5.97 Å². The number of carbonyl (C=O) groups is 2. The molecule has 2 rings (SSSR count). The highest BCUT2D eigenvalue weighted by Crippen LogP contribution is 2.25. The van der Waals surface area contributed by atoms with E-state index in [1.165, 1.54) is 19.3 Å². The summed E-state index contributed by atoms with van der Waals surface area (Å²) < 4.78 is 11.1. The van der Waals surface area contributed by atoms with Gasteiger partial charge in [0.2, 0.25) is 5.91 Å². The van der Waals surface area contributed by atoms with Crippen molar-refractivity contribution in [3.05, 3.63) is 0 Å². The van der Waals surface area contributed by atoms with Crippen molar-refractivity contribution in [2.24, 2.45) is 5.92 Å². The van der Waals surface area contributed by atoms with Gasteiger partial charge in [0.25, 0.3) is 0 Å². The quantitative estimate of drug-likeness (QED) is 0.731. The van der Waals surface area contributed by atoms with E-state index in [-0.39, 0.29) is 37.1 Å². The van der Waals surface area contributed by atoms with Gasteiger partial charge in [-0.25, -0.2) is 0 Å². The third kappa shape index (κ3) is 7.34. The van der Waals surface area contributed by atoms with E-state index in [2.05, 4.69) is 12.2 Å². The number of rotatable bonds is 7. The lowest BCUT2D eigenvalue weighted by atomic mass is 9.89. The standard InChI is InChI=1S/C18H31NO4/c1-14-6-5-9-16(12-14)22-13-17(20)19-11-10-18(21)23-15-7-3-2-4-8-15/h14-16H,2-13H2,1H3,(H,19,20)/t14-,16-/m0/s1.